The van der Waals surface area contributed by atoms with Crippen molar-refractivity contribution in [2.24, 2.45) is 0 Å². The fraction of sp³-hybridized carbons (Fsp3) is 0.678. The maximum atomic E-state index is 12.8. The first-order chi connectivity index (χ1) is 32.0. The van der Waals surface area contributed by atoms with Gasteiger partial charge in [0.25, 0.3) is 0 Å². The van der Waals surface area contributed by atoms with Crippen LogP contribution in [0, 0.1) is 0 Å². The number of unbranched alkanes of at least 4 members (excludes halogenated alkanes) is 25. The quantitative estimate of drug-likeness (QED) is 0.0199. The van der Waals surface area contributed by atoms with E-state index >= 15 is 0 Å². The van der Waals surface area contributed by atoms with E-state index in [4.69, 9.17) is 14.2 Å². The fourth-order valence-corrected chi connectivity index (χ4v) is 7.16. The molecule has 0 aliphatic rings. The number of allylic oxidation sites excluding steroid dienone is 16. The molecule has 0 bridgehead atoms. The van der Waals surface area contributed by atoms with Crippen LogP contribution in [0.3, 0.4) is 0 Å². The van der Waals surface area contributed by atoms with Gasteiger partial charge >= 0.3 is 17.9 Å². The first-order valence-electron chi connectivity index (χ1n) is 26.8. The lowest BCUT2D eigenvalue weighted by atomic mass is 10.1. The Hall–Kier alpha value is -3.67. The van der Waals surface area contributed by atoms with Crippen molar-refractivity contribution in [3.8, 4) is 0 Å². The van der Waals surface area contributed by atoms with Crippen molar-refractivity contribution in [2.45, 2.75) is 245 Å². The van der Waals surface area contributed by atoms with E-state index in [1.165, 1.54) is 141 Å². The number of carbonyl (C=O) groups excluding carboxylic acids is 3. The molecule has 0 aromatic heterocycles. The van der Waals surface area contributed by atoms with E-state index in [-0.39, 0.29) is 37.5 Å². The highest BCUT2D eigenvalue weighted by molar-refractivity contribution is 5.71. The van der Waals surface area contributed by atoms with Gasteiger partial charge in [0.2, 0.25) is 0 Å². The van der Waals surface area contributed by atoms with Crippen LogP contribution in [0.15, 0.2) is 97.2 Å². The van der Waals surface area contributed by atoms with E-state index in [1.54, 1.807) is 0 Å². The molecule has 0 radical (unpaired) electrons. The van der Waals surface area contributed by atoms with Crippen LogP contribution in [0.5, 0.6) is 0 Å². The summed E-state index contributed by atoms with van der Waals surface area (Å²) in [5.41, 5.74) is 0. The zero-order chi connectivity index (χ0) is 47.2. The standard InChI is InChI=1S/C59H98O6/c1-4-7-10-13-16-19-22-25-27-28-29-30-32-34-37-40-43-46-49-52-58(61)64-55-56(54-63-57(60)51-48-45-42-39-36-33-24-21-18-15-12-9-6-3)65-59(62)53-50-47-44-41-38-35-31-26-23-20-17-14-11-8-5-2/h9,12,15-16,18-25,33,36,39,42,56H,4-8,10-11,13-14,17,26-32,34-35,37-38,40-41,43-55H2,1-3H3/b12-9+,18-15+,19-16+,23-20+,24-21+,25-22+,36-33+,42-39+. The second-order valence-corrected chi connectivity index (χ2v) is 17.5. The molecule has 0 aromatic rings. The molecule has 0 spiro atoms. The molecule has 0 N–H and O–H groups in total. The molecule has 1 atom stereocenters. The predicted molar refractivity (Wildman–Crippen MR) is 279 cm³/mol. The van der Waals surface area contributed by atoms with Gasteiger partial charge in [0.15, 0.2) is 6.10 Å². The van der Waals surface area contributed by atoms with E-state index in [9.17, 15) is 14.4 Å². The molecule has 0 fully saturated rings. The number of carbonyl (C=O) groups is 3. The van der Waals surface area contributed by atoms with Crippen LogP contribution in [0.25, 0.3) is 0 Å². The number of esters is 3. The van der Waals surface area contributed by atoms with Crippen molar-refractivity contribution in [3.63, 3.8) is 0 Å². The normalized spacial score (nSPS) is 12.8. The lowest BCUT2D eigenvalue weighted by Crippen LogP contribution is -2.30. The maximum Gasteiger partial charge on any atom is 0.306 e. The Labute approximate surface area is 400 Å². The third-order valence-corrected chi connectivity index (χ3v) is 11.2. The Kier molecular flexibility index (Phi) is 50.0. The molecule has 0 saturated carbocycles. The zero-order valence-electron chi connectivity index (χ0n) is 42.2. The van der Waals surface area contributed by atoms with E-state index in [0.717, 1.165) is 51.4 Å². The highest BCUT2D eigenvalue weighted by Gasteiger charge is 2.19. The van der Waals surface area contributed by atoms with Crippen molar-refractivity contribution in [1.82, 2.24) is 0 Å². The number of hydrogen-bond donors (Lipinski definition) is 0. The highest BCUT2D eigenvalue weighted by atomic mass is 16.6. The van der Waals surface area contributed by atoms with Crippen LogP contribution in [-0.4, -0.2) is 37.2 Å². The largest absolute Gasteiger partial charge is 0.462 e. The SMILES string of the molecule is CC/C=C/C=C/C=C/C=C/C=C/CCCC(=O)OCC(COC(=O)CCCCCCCCCCCC/C=C/C=C/CCCCC)OC(=O)CCCCCCCCC/C=C/CCCCCC. The molecule has 0 aromatic carbocycles. The molecule has 0 amide bonds. The third kappa shape index (κ3) is 51.2. The summed E-state index contributed by atoms with van der Waals surface area (Å²) < 4.78 is 16.7. The summed E-state index contributed by atoms with van der Waals surface area (Å²) in [6.45, 7) is 6.38. The lowest BCUT2D eigenvalue weighted by Gasteiger charge is -2.18. The first kappa shape index (κ1) is 61.3. The van der Waals surface area contributed by atoms with E-state index in [2.05, 4.69) is 63.3 Å². The van der Waals surface area contributed by atoms with Crippen LogP contribution >= 0.6 is 0 Å². The average molecular weight is 903 g/mol. The van der Waals surface area contributed by atoms with Crippen molar-refractivity contribution in [3.05, 3.63) is 97.2 Å². The second-order valence-electron chi connectivity index (χ2n) is 17.5. The third-order valence-electron chi connectivity index (χ3n) is 11.2. The predicted octanol–water partition coefficient (Wildman–Crippen LogP) is 17.8. The molecule has 0 heterocycles. The Morgan fingerprint density at radius 1 is 0.323 bits per heavy atom. The molecular formula is C59H98O6. The van der Waals surface area contributed by atoms with E-state index in [1.807, 2.05) is 54.7 Å². The Bertz CT molecular complexity index is 1310. The van der Waals surface area contributed by atoms with Gasteiger partial charge in [0.1, 0.15) is 13.2 Å². The van der Waals surface area contributed by atoms with Crippen molar-refractivity contribution >= 4 is 17.9 Å². The van der Waals surface area contributed by atoms with E-state index < -0.39 is 6.10 Å². The molecule has 1 unspecified atom stereocenters. The van der Waals surface area contributed by atoms with Crippen LogP contribution in [0.1, 0.15) is 239 Å². The van der Waals surface area contributed by atoms with Crippen molar-refractivity contribution in [1.29, 1.82) is 0 Å². The summed E-state index contributed by atoms with van der Waals surface area (Å²) in [5.74, 6) is -0.990. The summed E-state index contributed by atoms with van der Waals surface area (Å²) in [6, 6.07) is 0. The minimum atomic E-state index is -0.810. The van der Waals surface area contributed by atoms with Gasteiger partial charge in [0.05, 0.1) is 0 Å². The van der Waals surface area contributed by atoms with Gasteiger partial charge < -0.3 is 14.2 Å². The number of ether oxygens (including phenoxy) is 3. The zero-order valence-corrected chi connectivity index (χ0v) is 42.2. The van der Waals surface area contributed by atoms with Gasteiger partial charge in [-0.25, -0.2) is 0 Å². The maximum absolute atomic E-state index is 12.8. The monoisotopic (exact) mass is 903 g/mol. The van der Waals surface area contributed by atoms with Crippen molar-refractivity contribution < 1.29 is 28.6 Å². The molecule has 370 valence electrons. The summed E-state index contributed by atoms with van der Waals surface area (Å²) in [7, 11) is 0. The number of rotatable bonds is 47. The topological polar surface area (TPSA) is 78.9 Å². The average Bonchev–Trinajstić information content (AvgIpc) is 3.30. The highest BCUT2D eigenvalue weighted by Crippen LogP contribution is 2.15. The van der Waals surface area contributed by atoms with E-state index in [0.29, 0.717) is 19.3 Å². The lowest BCUT2D eigenvalue weighted by molar-refractivity contribution is -0.167. The van der Waals surface area contributed by atoms with Crippen molar-refractivity contribution in [2.75, 3.05) is 13.2 Å². The molecule has 6 nitrogen and oxygen atoms in total. The molecule has 0 aliphatic carbocycles. The van der Waals surface area contributed by atoms with Crippen LogP contribution in [0.4, 0.5) is 0 Å². The van der Waals surface area contributed by atoms with Gasteiger partial charge in [-0.15, -0.1) is 0 Å². The van der Waals surface area contributed by atoms with Gasteiger partial charge in [0, 0.05) is 19.3 Å². The van der Waals surface area contributed by atoms with Crippen LogP contribution in [0.2, 0.25) is 0 Å². The smallest absolute Gasteiger partial charge is 0.306 e. The summed E-state index contributed by atoms with van der Waals surface area (Å²) in [4.78, 5) is 38.0. The Morgan fingerprint density at radius 3 is 1.09 bits per heavy atom. The molecule has 6 heteroatoms. The van der Waals surface area contributed by atoms with Gasteiger partial charge in [-0.3, -0.25) is 14.4 Å². The van der Waals surface area contributed by atoms with Gasteiger partial charge in [-0.05, 0) is 83.5 Å². The minimum Gasteiger partial charge on any atom is -0.462 e. The minimum absolute atomic E-state index is 0.104. The molecule has 0 aliphatic heterocycles. The van der Waals surface area contributed by atoms with Gasteiger partial charge in [-0.1, -0.05) is 234 Å². The summed E-state index contributed by atoms with van der Waals surface area (Å²) >= 11 is 0. The van der Waals surface area contributed by atoms with Crippen LogP contribution < -0.4 is 0 Å². The molecule has 0 saturated heterocycles. The van der Waals surface area contributed by atoms with Crippen LogP contribution in [-0.2, 0) is 28.6 Å². The van der Waals surface area contributed by atoms with Gasteiger partial charge in [-0.2, -0.15) is 0 Å². The molecule has 0 rings (SSSR count). The molecule has 65 heavy (non-hydrogen) atoms. The molecular weight excluding hydrogens is 805 g/mol. The summed E-state index contributed by atoms with van der Waals surface area (Å²) in [6.07, 6.45) is 69.7. The Morgan fingerprint density at radius 2 is 0.631 bits per heavy atom. The number of hydrogen-bond acceptors (Lipinski definition) is 6. The summed E-state index contributed by atoms with van der Waals surface area (Å²) in [5, 5.41) is 0. The fourth-order valence-electron chi connectivity index (χ4n) is 7.16. The first-order valence-corrected chi connectivity index (χ1v) is 26.8. The Balaban J connectivity index is 4.45. The second kappa shape index (κ2) is 52.9.